The summed E-state index contributed by atoms with van der Waals surface area (Å²) in [4.78, 5) is 33.8. The Morgan fingerprint density at radius 1 is 0.727 bits per heavy atom. The summed E-state index contributed by atoms with van der Waals surface area (Å²) in [7, 11) is 0. The Morgan fingerprint density at radius 3 is 1.61 bits per heavy atom. The third-order valence-corrected chi connectivity index (χ3v) is 5.56. The highest BCUT2D eigenvalue weighted by atomic mass is 16.6. The number of rotatable bonds is 23. The highest BCUT2D eigenvalue weighted by Crippen LogP contribution is 2.14. The summed E-state index contributed by atoms with van der Waals surface area (Å²) in [6.45, 7) is 1.38. The highest BCUT2D eigenvalue weighted by molar-refractivity contribution is 5.80. The van der Waals surface area contributed by atoms with Crippen LogP contribution < -0.4 is 0 Å². The summed E-state index contributed by atoms with van der Waals surface area (Å²) in [5.41, 5.74) is 0. The standard InChI is InChI=1S/C25H46O8/c1-2-3-4-5-6-7-8-9-10-11-12-13-14-15-16-17-23(28)32-20-21(19-26)33-24(29)18-22(27)25(30)31/h21-22,26-27H,2-20H2,1H3,(H,30,31). The summed E-state index contributed by atoms with van der Waals surface area (Å²) < 4.78 is 9.82. The van der Waals surface area contributed by atoms with Crippen molar-refractivity contribution >= 4 is 17.9 Å². The largest absolute Gasteiger partial charge is 0.479 e. The smallest absolute Gasteiger partial charge is 0.333 e. The van der Waals surface area contributed by atoms with Gasteiger partial charge < -0.3 is 24.8 Å². The molecule has 8 nitrogen and oxygen atoms in total. The maximum absolute atomic E-state index is 11.8. The summed E-state index contributed by atoms with van der Waals surface area (Å²) in [5, 5.41) is 26.9. The van der Waals surface area contributed by atoms with Gasteiger partial charge in [0.2, 0.25) is 0 Å². The molecule has 3 N–H and O–H groups in total. The van der Waals surface area contributed by atoms with Crippen molar-refractivity contribution in [3.05, 3.63) is 0 Å². The number of hydrogen-bond acceptors (Lipinski definition) is 7. The van der Waals surface area contributed by atoms with E-state index in [4.69, 9.17) is 19.7 Å². The lowest BCUT2D eigenvalue weighted by molar-refractivity contribution is -0.165. The third kappa shape index (κ3) is 20.7. The van der Waals surface area contributed by atoms with Gasteiger partial charge in [0.15, 0.2) is 12.2 Å². The molecule has 0 radical (unpaired) electrons. The molecule has 0 aliphatic carbocycles. The van der Waals surface area contributed by atoms with E-state index in [-0.39, 0.29) is 13.0 Å². The van der Waals surface area contributed by atoms with Gasteiger partial charge in [-0.1, -0.05) is 96.8 Å². The van der Waals surface area contributed by atoms with Crippen LogP contribution in [0.5, 0.6) is 0 Å². The van der Waals surface area contributed by atoms with Crippen LogP contribution >= 0.6 is 0 Å². The summed E-state index contributed by atoms with van der Waals surface area (Å²) in [5.74, 6) is -2.95. The Labute approximate surface area is 199 Å². The Hall–Kier alpha value is -1.67. The molecule has 33 heavy (non-hydrogen) atoms. The van der Waals surface area contributed by atoms with E-state index >= 15 is 0 Å². The molecule has 0 spiro atoms. The van der Waals surface area contributed by atoms with Crippen molar-refractivity contribution < 1.29 is 39.2 Å². The molecule has 0 saturated carbocycles. The number of carbonyl (C=O) groups is 3. The molecule has 8 heteroatoms. The van der Waals surface area contributed by atoms with Crippen LogP contribution in [-0.4, -0.2) is 58.6 Å². The zero-order valence-electron chi connectivity index (χ0n) is 20.5. The SMILES string of the molecule is CCCCCCCCCCCCCCCCCC(=O)OCC(CO)OC(=O)CC(O)C(=O)O. The first-order chi connectivity index (χ1) is 15.9. The molecule has 0 aliphatic rings. The van der Waals surface area contributed by atoms with Gasteiger partial charge in [-0.2, -0.15) is 0 Å². The lowest BCUT2D eigenvalue weighted by Crippen LogP contribution is -2.31. The minimum Gasteiger partial charge on any atom is -0.479 e. The van der Waals surface area contributed by atoms with Gasteiger partial charge in [0.1, 0.15) is 6.61 Å². The second-order valence-electron chi connectivity index (χ2n) is 8.74. The Morgan fingerprint density at radius 2 is 1.18 bits per heavy atom. The quantitative estimate of drug-likeness (QED) is 0.145. The van der Waals surface area contributed by atoms with Crippen LogP contribution in [0.3, 0.4) is 0 Å². The Kier molecular flexibility index (Phi) is 21.0. The predicted molar refractivity (Wildman–Crippen MR) is 126 cm³/mol. The molecule has 0 fully saturated rings. The first kappa shape index (κ1) is 31.3. The number of carbonyl (C=O) groups excluding carboxylic acids is 2. The van der Waals surface area contributed by atoms with E-state index in [9.17, 15) is 19.5 Å². The van der Waals surface area contributed by atoms with E-state index in [1.807, 2.05) is 0 Å². The van der Waals surface area contributed by atoms with Crippen molar-refractivity contribution in [3.63, 3.8) is 0 Å². The molecule has 0 bridgehead atoms. The first-order valence-electron chi connectivity index (χ1n) is 12.8. The number of hydrogen-bond donors (Lipinski definition) is 3. The Balaban J connectivity index is 3.55. The fourth-order valence-corrected chi connectivity index (χ4v) is 3.50. The summed E-state index contributed by atoms with van der Waals surface area (Å²) in [6, 6.07) is 0. The normalized spacial score (nSPS) is 12.8. The van der Waals surface area contributed by atoms with Gasteiger partial charge >= 0.3 is 17.9 Å². The van der Waals surface area contributed by atoms with Crippen LogP contribution in [0.25, 0.3) is 0 Å². The molecule has 0 rings (SSSR count). The van der Waals surface area contributed by atoms with Crippen molar-refractivity contribution in [3.8, 4) is 0 Å². The van der Waals surface area contributed by atoms with Crippen LogP contribution in [-0.2, 0) is 23.9 Å². The van der Waals surface area contributed by atoms with Crippen LogP contribution in [0.4, 0.5) is 0 Å². The Bertz CT molecular complexity index is 509. The number of carboxylic acids is 1. The van der Waals surface area contributed by atoms with E-state index in [2.05, 4.69) is 6.92 Å². The molecule has 0 heterocycles. The van der Waals surface area contributed by atoms with Crippen LogP contribution in [0.15, 0.2) is 0 Å². The fraction of sp³-hybridized carbons (Fsp3) is 0.880. The van der Waals surface area contributed by atoms with Crippen molar-refractivity contribution in [2.75, 3.05) is 13.2 Å². The fourth-order valence-electron chi connectivity index (χ4n) is 3.50. The summed E-state index contributed by atoms with van der Waals surface area (Å²) >= 11 is 0. The van der Waals surface area contributed by atoms with Crippen LogP contribution in [0, 0.1) is 0 Å². The van der Waals surface area contributed by atoms with Crippen molar-refractivity contribution in [1.29, 1.82) is 0 Å². The van der Waals surface area contributed by atoms with Crippen molar-refractivity contribution in [1.82, 2.24) is 0 Å². The van der Waals surface area contributed by atoms with E-state index in [0.717, 1.165) is 19.3 Å². The van der Waals surface area contributed by atoms with Gasteiger partial charge in [-0.3, -0.25) is 9.59 Å². The molecule has 0 saturated heterocycles. The third-order valence-electron chi connectivity index (χ3n) is 5.56. The number of aliphatic carboxylic acids is 1. The zero-order chi connectivity index (χ0) is 24.7. The van der Waals surface area contributed by atoms with E-state index in [0.29, 0.717) is 0 Å². The molecule has 0 aromatic carbocycles. The highest BCUT2D eigenvalue weighted by Gasteiger charge is 2.22. The van der Waals surface area contributed by atoms with E-state index < -0.39 is 43.1 Å². The molecule has 0 aromatic rings. The molecule has 2 atom stereocenters. The molecule has 0 aromatic heterocycles. The number of esters is 2. The minimum absolute atomic E-state index is 0.266. The number of aliphatic hydroxyl groups excluding tert-OH is 2. The topological polar surface area (TPSA) is 130 Å². The lowest BCUT2D eigenvalue weighted by atomic mass is 10.0. The maximum Gasteiger partial charge on any atom is 0.333 e. The second-order valence-corrected chi connectivity index (χ2v) is 8.74. The molecule has 0 amide bonds. The van der Waals surface area contributed by atoms with E-state index in [1.165, 1.54) is 77.0 Å². The molecular weight excluding hydrogens is 428 g/mol. The first-order valence-corrected chi connectivity index (χ1v) is 12.8. The van der Waals surface area contributed by atoms with Gasteiger partial charge in [0.25, 0.3) is 0 Å². The van der Waals surface area contributed by atoms with Gasteiger partial charge in [-0.15, -0.1) is 0 Å². The number of carboxylic acid groups (broad SMARTS) is 1. The van der Waals surface area contributed by atoms with Gasteiger partial charge in [0, 0.05) is 6.42 Å². The number of aliphatic hydroxyl groups is 2. The molecule has 2 unspecified atom stereocenters. The number of unbranched alkanes of at least 4 members (excludes halogenated alkanes) is 14. The molecular formula is C25H46O8. The van der Waals surface area contributed by atoms with Crippen LogP contribution in [0.1, 0.15) is 116 Å². The molecule has 194 valence electrons. The monoisotopic (exact) mass is 474 g/mol. The maximum atomic E-state index is 11.8. The van der Waals surface area contributed by atoms with E-state index in [1.54, 1.807) is 0 Å². The van der Waals surface area contributed by atoms with Gasteiger partial charge in [0.05, 0.1) is 13.0 Å². The van der Waals surface area contributed by atoms with Gasteiger partial charge in [-0.25, -0.2) is 4.79 Å². The van der Waals surface area contributed by atoms with Crippen molar-refractivity contribution in [2.24, 2.45) is 0 Å². The average molecular weight is 475 g/mol. The number of ether oxygens (including phenoxy) is 2. The zero-order valence-corrected chi connectivity index (χ0v) is 20.5. The molecule has 0 aliphatic heterocycles. The van der Waals surface area contributed by atoms with Crippen LogP contribution in [0.2, 0.25) is 0 Å². The van der Waals surface area contributed by atoms with Gasteiger partial charge in [-0.05, 0) is 6.42 Å². The van der Waals surface area contributed by atoms with Crippen molar-refractivity contribution in [2.45, 2.75) is 128 Å². The predicted octanol–water partition coefficient (Wildman–Crippen LogP) is 4.53. The lowest BCUT2D eigenvalue weighted by Gasteiger charge is -2.16. The minimum atomic E-state index is -1.87. The average Bonchev–Trinajstić information content (AvgIpc) is 2.78. The second kappa shape index (κ2) is 22.1. The summed E-state index contributed by atoms with van der Waals surface area (Å²) in [6.07, 6.45) is 15.2.